The van der Waals surface area contributed by atoms with Gasteiger partial charge in [-0.1, -0.05) is 6.07 Å². The van der Waals surface area contributed by atoms with Crippen LogP contribution in [0.25, 0.3) is 0 Å². The van der Waals surface area contributed by atoms with Gasteiger partial charge in [0.25, 0.3) is 5.91 Å². The Morgan fingerprint density at radius 3 is 2.59 bits per heavy atom. The van der Waals surface area contributed by atoms with Gasteiger partial charge in [-0.05, 0) is 72.6 Å². The number of carbonyl (C=O) groups excluding carboxylic acids is 1. The zero-order valence-corrected chi connectivity index (χ0v) is 14.8. The monoisotopic (exact) mass is 379 g/mol. The number of benzene rings is 3. The zero-order valence-electron chi connectivity index (χ0n) is 14.0. The van der Waals surface area contributed by atoms with Crippen LogP contribution < -0.4 is 15.2 Å². The second kappa shape index (κ2) is 8.36. The number of carbonyl (C=O) groups is 1. The molecular weight excluding hydrogens is 365 g/mol. The van der Waals surface area contributed by atoms with Gasteiger partial charge >= 0.3 is 0 Å². The zero-order chi connectivity index (χ0) is 19.2. The van der Waals surface area contributed by atoms with Gasteiger partial charge in [-0.25, -0.2) is 4.39 Å². The van der Waals surface area contributed by atoms with Crippen LogP contribution in [0.5, 0.6) is 11.5 Å². The number of nitrogens with one attached hydrogen (secondary N) is 1. The van der Waals surface area contributed by atoms with E-state index in [-0.39, 0.29) is 11.3 Å². The average Bonchev–Trinajstić information content (AvgIpc) is 2.70. The van der Waals surface area contributed by atoms with Gasteiger partial charge in [0.15, 0.2) is 0 Å². The van der Waals surface area contributed by atoms with Crippen molar-refractivity contribution in [2.45, 2.75) is 4.90 Å². The van der Waals surface area contributed by atoms with Crippen LogP contribution in [-0.2, 0) is 0 Å². The summed E-state index contributed by atoms with van der Waals surface area (Å²) in [6.07, 6.45) is 0. The summed E-state index contributed by atoms with van der Waals surface area (Å²) in [6.45, 7) is 0. The van der Waals surface area contributed by atoms with E-state index in [4.69, 9.17) is 15.1 Å². The highest BCUT2D eigenvalue weighted by molar-refractivity contribution is 7.97. The van der Waals surface area contributed by atoms with Crippen LogP contribution in [0, 0.1) is 17.1 Å². The highest BCUT2D eigenvalue weighted by atomic mass is 32.2. The van der Waals surface area contributed by atoms with Crippen molar-refractivity contribution in [2.75, 3.05) is 5.32 Å². The third-order valence-corrected chi connectivity index (χ3v) is 4.15. The van der Waals surface area contributed by atoms with Gasteiger partial charge in [0, 0.05) is 10.6 Å². The smallest absolute Gasteiger partial charge is 0.259 e. The van der Waals surface area contributed by atoms with Crippen molar-refractivity contribution in [1.82, 2.24) is 0 Å². The number of hydrogen-bond donors (Lipinski definition) is 2. The number of nitrogens with two attached hydrogens (primary N) is 1. The van der Waals surface area contributed by atoms with Crippen molar-refractivity contribution >= 4 is 23.5 Å². The molecule has 0 unspecified atom stereocenters. The predicted molar refractivity (Wildman–Crippen MR) is 102 cm³/mol. The largest absolute Gasteiger partial charge is 0.457 e. The minimum Gasteiger partial charge on any atom is -0.457 e. The molecule has 7 heteroatoms. The maximum Gasteiger partial charge on any atom is 0.259 e. The molecule has 0 aromatic heterocycles. The molecule has 3 aromatic carbocycles. The summed E-state index contributed by atoms with van der Waals surface area (Å²) < 4.78 is 18.8. The summed E-state index contributed by atoms with van der Waals surface area (Å²) in [5, 5.41) is 17.4. The normalized spacial score (nSPS) is 10.1. The summed E-state index contributed by atoms with van der Waals surface area (Å²) in [5.41, 5.74) is 1.06. The van der Waals surface area contributed by atoms with Crippen molar-refractivity contribution in [1.29, 1.82) is 5.26 Å². The van der Waals surface area contributed by atoms with E-state index in [1.165, 1.54) is 36.4 Å². The van der Waals surface area contributed by atoms with Crippen molar-refractivity contribution in [3.05, 3.63) is 83.7 Å². The van der Waals surface area contributed by atoms with Crippen molar-refractivity contribution < 1.29 is 13.9 Å². The standard InChI is InChI=1S/C20H14FN3O2S/c21-14-5-7-16(8-6-14)26-19-9-4-13(12-22)10-18(19)20(25)24-15-2-1-3-17(11-15)27-23/h1-11H,23H2,(H,24,25). The fourth-order valence-electron chi connectivity index (χ4n) is 2.34. The van der Waals surface area contributed by atoms with Crippen molar-refractivity contribution in [2.24, 2.45) is 5.14 Å². The minimum absolute atomic E-state index is 0.184. The third kappa shape index (κ3) is 4.64. The quantitative estimate of drug-likeness (QED) is 0.627. The van der Waals surface area contributed by atoms with Gasteiger partial charge in [0.2, 0.25) is 0 Å². The maximum atomic E-state index is 13.1. The van der Waals surface area contributed by atoms with E-state index in [1.807, 2.05) is 12.1 Å². The fraction of sp³-hybridized carbons (Fsp3) is 0. The van der Waals surface area contributed by atoms with Crippen LogP contribution >= 0.6 is 11.9 Å². The van der Waals surface area contributed by atoms with Crippen LogP contribution in [0.4, 0.5) is 10.1 Å². The topological polar surface area (TPSA) is 88.1 Å². The van der Waals surface area contributed by atoms with Crippen LogP contribution in [0.2, 0.25) is 0 Å². The Bertz CT molecular complexity index is 1020. The number of halogens is 1. The highest BCUT2D eigenvalue weighted by Crippen LogP contribution is 2.28. The van der Waals surface area contributed by atoms with E-state index in [2.05, 4.69) is 5.32 Å². The van der Waals surface area contributed by atoms with Crippen LogP contribution in [-0.4, -0.2) is 5.91 Å². The maximum absolute atomic E-state index is 13.1. The second-order valence-corrected chi connectivity index (χ2v) is 6.19. The van der Waals surface area contributed by atoms with Gasteiger partial charge in [-0.15, -0.1) is 0 Å². The lowest BCUT2D eigenvalue weighted by molar-refractivity contribution is 0.102. The molecule has 3 N–H and O–H groups in total. The third-order valence-electron chi connectivity index (χ3n) is 3.62. The summed E-state index contributed by atoms with van der Waals surface area (Å²) in [6, 6.07) is 19.0. The Kier molecular flexibility index (Phi) is 5.71. The molecule has 0 aliphatic carbocycles. The van der Waals surface area contributed by atoms with Gasteiger partial charge in [0.1, 0.15) is 17.3 Å². The number of nitriles is 1. The highest BCUT2D eigenvalue weighted by Gasteiger charge is 2.15. The van der Waals surface area contributed by atoms with Crippen LogP contribution in [0.15, 0.2) is 71.6 Å². The fourth-order valence-corrected chi connectivity index (χ4v) is 2.69. The lowest BCUT2D eigenvalue weighted by Crippen LogP contribution is -2.13. The first kappa shape index (κ1) is 18.5. The number of ether oxygens (including phenoxy) is 1. The lowest BCUT2D eigenvalue weighted by atomic mass is 10.1. The molecule has 27 heavy (non-hydrogen) atoms. The number of nitrogens with zero attached hydrogens (tertiary/aromatic N) is 1. The van der Waals surface area contributed by atoms with Gasteiger partial charge < -0.3 is 10.1 Å². The van der Waals surface area contributed by atoms with Crippen LogP contribution in [0.3, 0.4) is 0 Å². The SMILES string of the molecule is N#Cc1ccc(Oc2ccc(F)cc2)c(C(=O)Nc2cccc(SN)c2)c1. The molecule has 0 fully saturated rings. The molecule has 0 heterocycles. The predicted octanol–water partition coefficient (Wildman–Crippen LogP) is 4.71. The van der Waals surface area contributed by atoms with E-state index in [0.717, 1.165) is 16.8 Å². The molecule has 0 aliphatic heterocycles. The first-order valence-electron chi connectivity index (χ1n) is 7.85. The summed E-state index contributed by atoms with van der Waals surface area (Å²) >= 11 is 1.07. The Labute approximate surface area is 159 Å². The minimum atomic E-state index is -0.441. The molecule has 0 spiro atoms. The Morgan fingerprint density at radius 2 is 1.89 bits per heavy atom. The Hall–Kier alpha value is -3.34. The molecule has 0 atom stereocenters. The van der Waals surface area contributed by atoms with E-state index >= 15 is 0 Å². The average molecular weight is 379 g/mol. The number of amides is 1. The Balaban J connectivity index is 1.90. The van der Waals surface area contributed by atoms with E-state index in [9.17, 15) is 9.18 Å². The molecule has 0 saturated carbocycles. The first-order valence-corrected chi connectivity index (χ1v) is 8.73. The molecule has 3 rings (SSSR count). The summed E-state index contributed by atoms with van der Waals surface area (Å²) in [4.78, 5) is 13.5. The molecule has 134 valence electrons. The number of rotatable bonds is 5. The van der Waals surface area contributed by atoms with E-state index in [1.54, 1.807) is 24.3 Å². The molecule has 3 aromatic rings. The lowest BCUT2D eigenvalue weighted by Gasteiger charge is -2.12. The van der Waals surface area contributed by atoms with Crippen LogP contribution in [0.1, 0.15) is 15.9 Å². The molecule has 0 bridgehead atoms. The molecule has 0 saturated heterocycles. The second-order valence-electron chi connectivity index (χ2n) is 5.48. The summed E-state index contributed by atoms with van der Waals surface area (Å²) in [7, 11) is 0. The van der Waals surface area contributed by atoms with Gasteiger partial charge in [-0.3, -0.25) is 9.93 Å². The summed E-state index contributed by atoms with van der Waals surface area (Å²) in [5.74, 6) is -0.208. The number of anilines is 1. The van der Waals surface area contributed by atoms with E-state index in [0.29, 0.717) is 17.0 Å². The molecule has 0 aliphatic rings. The van der Waals surface area contributed by atoms with Crippen molar-refractivity contribution in [3.8, 4) is 17.6 Å². The first-order chi connectivity index (χ1) is 13.1. The molecule has 1 amide bonds. The van der Waals surface area contributed by atoms with Gasteiger partial charge in [-0.2, -0.15) is 5.26 Å². The van der Waals surface area contributed by atoms with Crippen molar-refractivity contribution in [3.63, 3.8) is 0 Å². The molecule has 0 radical (unpaired) electrons. The number of hydrogen-bond acceptors (Lipinski definition) is 5. The molecule has 5 nitrogen and oxygen atoms in total. The Morgan fingerprint density at radius 1 is 1.11 bits per heavy atom. The van der Waals surface area contributed by atoms with E-state index < -0.39 is 11.7 Å². The van der Waals surface area contributed by atoms with Gasteiger partial charge in [0.05, 0.1) is 17.2 Å². The molecular formula is C20H14FN3O2S.